The Morgan fingerprint density at radius 1 is 1.15 bits per heavy atom. The zero-order valence-corrected chi connectivity index (χ0v) is 11.6. The molecule has 0 radical (unpaired) electrons. The number of phenolic OH excluding ortho intramolecular Hbond substituents is 1. The van der Waals surface area contributed by atoms with Gasteiger partial charge in [-0.05, 0) is 31.5 Å². The molecule has 0 aromatic heterocycles. The second-order valence-electron chi connectivity index (χ2n) is 4.76. The van der Waals surface area contributed by atoms with Gasteiger partial charge in [0.25, 0.3) is 0 Å². The van der Waals surface area contributed by atoms with Crippen molar-refractivity contribution in [1.29, 1.82) is 0 Å². The number of carbonyl (C=O) groups is 1. The minimum absolute atomic E-state index is 0.232. The number of phenols is 1. The van der Waals surface area contributed by atoms with Gasteiger partial charge in [0.15, 0.2) is 0 Å². The van der Waals surface area contributed by atoms with E-state index in [0.717, 1.165) is 16.8 Å². The number of rotatable bonds is 3. The molecule has 0 heterocycles. The first-order valence-corrected chi connectivity index (χ1v) is 6.45. The molecule has 2 amide bonds. The van der Waals surface area contributed by atoms with E-state index >= 15 is 0 Å². The molecular formula is C16H18N2O2. The Labute approximate surface area is 118 Å². The van der Waals surface area contributed by atoms with Crippen molar-refractivity contribution in [2.45, 2.75) is 20.4 Å². The Kier molecular flexibility index (Phi) is 4.25. The van der Waals surface area contributed by atoms with Gasteiger partial charge in [0.1, 0.15) is 5.75 Å². The van der Waals surface area contributed by atoms with Crippen LogP contribution in [0.3, 0.4) is 0 Å². The van der Waals surface area contributed by atoms with Crippen molar-refractivity contribution >= 4 is 11.7 Å². The van der Waals surface area contributed by atoms with Gasteiger partial charge in [0.2, 0.25) is 0 Å². The molecule has 0 spiro atoms. The fourth-order valence-electron chi connectivity index (χ4n) is 2.06. The van der Waals surface area contributed by atoms with E-state index < -0.39 is 0 Å². The van der Waals surface area contributed by atoms with Crippen LogP contribution in [0.2, 0.25) is 0 Å². The number of aromatic hydroxyl groups is 1. The second kappa shape index (κ2) is 6.10. The van der Waals surface area contributed by atoms with Crippen molar-refractivity contribution < 1.29 is 9.90 Å². The highest BCUT2D eigenvalue weighted by Crippen LogP contribution is 2.23. The molecule has 0 fully saturated rings. The summed E-state index contributed by atoms with van der Waals surface area (Å²) in [6.45, 7) is 4.09. The van der Waals surface area contributed by atoms with Crippen molar-refractivity contribution in [2.75, 3.05) is 5.32 Å². The van der Waals surface area contributed by atoms with Crippen molar-refractivity contribution in [3.63, 3.8) is 0 Å². The Balaban J connectivity index is 1.97. The maximum Gasteiger partial charge on any atom is 0.319 e. The van der Waals surface area contributed by atoms with E-state index in [4.69, 9.17) is 0 Å². The third-order valence-corrected chi connectivity index (χ3v) is 2.99. The van der Waals surface area contributed by atoms with E-state index in [-0.39, 0.29) is 18.3 Å². The van der Waals surface area contributed by atoms with Gasteiger partial charge in [-0.3, -0.25) is 0 Å². The Hall–Kier alpha value is -2.49. The van der Waals surface area contributed by atoms with Crippen LogP contribution in [0.1, 0.15) is 16.7 Å². The largest absolute Gasteiger partial charge is 0.507 e. The molecule has 0 aliphatic heterocycles. The zero-order valence-electron chi connectivity index (χ0n) is 11.6. The maximum atomic E-state index is 11.8. The minimum atomic E-state index is -0.297. The number of amides is 2. The number of benzene rings is 2. The number of anilines is 1. The fraction of sp³-hybridized carbons (Fsp3) is 0.188. The van der Waals surface area contributed by atoms with Crippen LogP contribution in [0, 0.1) is 13.8 Å². The number of para-hydroxylation sites is 1. The van der Waals surface area contributed by atoms with Crippen LogP contribution in [-0.2, 0) is 6.54 Å². The van der Waals surface area contributed by atoms with Crippen molar-refractivity contribution in [3.05, 3.63) is 59.2 Å². The Morgan fingerprint density at radius 2 is 1.85 bits per heavy atom. The molecule has 0 aliphatic rings. The van der Waals surface area contributed by atoms with E-state index in [1.807, 2.05) is 56.3 Å². The average Bonchev–Trinajstić information content (AvgIpc) is 2.42. The zero-order chi connectivity index (χ0) is 14.5. The summed E-state index contributed by atoms with van der Waals surface area (Å²) in [5.41, 5.74) is 3.31. The summed E-state index contributed by atoms with van der Waals surface area (Å²) in [4.78, 5) is 11.8. The van der Waals surface area contributed by atoms with Crippen LogP contribution in [0.25, 0.3) is 0 Å². The normalized spacial score (nSPS) is 10.1. The molecule has 0 atom stereocenters. The highest BCUT2D eigenvalue weighted by atomic mass is 16.3. The molecule has 0 unspecified atom stereocenters. The molecule has 104 valence electrons. The number of hydrogen-bond donors (Lipinski definition) is 3. The summed E-state index contributed by atoms with van der Waals surface area (Å²) in [7, 11) is 0. The predicted molar refractivity (Wildman–Crippen MR) is 79.9 cm³/mol. The summed E-state index contributed by atoms with van der Waals surface area (Å²) in [5, 5.41) is 15.4. The Morgan fingerprint density at radius 3 is 2.55 bits per heavy atom. The van der Waals surface area contributed by atoms with Gasteiger partial charge in [0.05, 0.1) is 0 Å². The molecule has 2 rings (SSSR count). The van der Waals surface area contributed by atoms with Gasteiger partial charge < -0.3 is 15.7 Å². The molecule has 2 aromatic rings. The third-order valence-electron chi connectivity index (χ3n) is 2.99. The number of aryl methyl sites for hydroxylation is 2. The lowest BCUT2D eigenvalue weighted by Gasteiger charge is -2.11. The lowest BCUT2D eigenvalue weighted by atomic mass is 10.1. The highest BCUT2D eigenvalue weighted by Gasteiger charge is 2.07. The van der Waals surface area contributed by atoms with E-state index in [0.29, 0.717) is 5.56 Å². The van der Waals surface area contributed by atoms with E-state index in [9.17, 15) is 9.90 Å². The molecule has 0 aliphatic carbocycles. The molecule has 0 saturated carbocycles. The van der Waals surface area contributed by atoms with Gasteiger partial charge in [-0.1, -0.05) is 35.9 Å². The Bertz CT molecular complexity index is 609. The number of carbonyl (C=O) groups excluding carboxylic acids is 1. The SMILES string of the molecule is Cc1cc(C)c(O)c(CNC(=O)Nc2ccccc2)c1. The molecule has 20 heavy (non-hydrogen) atoms. The monoisotopic (exact) mass is 270 g/mol. The predicted octanol–water partition coefficient (Wildman–Crippen LogP) is 3.33. The molecule has 0 bridgehead atoms. The van der Waals surface area contributed by atoms with Crippen molar-refractivity contribution in [3.8, 4) is 5.75 Å². The van der Waals surface area contributed by atoms with Gasteiger partial charge in [-0.25, -0.2) is 4.79 Å². The average molecular weight is 270 g/mol. The van der Waals surface area contributed by atoms with Crippen LogP contribution in [-0.4, -0.2) is 11.1 Å². The fourth-order valence-corrected chi connectivity index (χ4v) is 2.06. The maximum absolute atomic E-state index is 11.8. The number of urea groups is 1. The molecule has 2 aromatic carbocycles. The lowest BCUT2D eigenvalue weighted by Crippen LogP contribution is -2.28. The van der Waals surface area contributed by atoms with Crippen LogP contribution >= 0.6 is 0 Å². The van der Waals surface area contributed by atoms with E-state index in [1.54, 1.807) is 0 Å². The molecule has 4 heteroatoms. The van der Waals surface area contributed by atoms with Crippen molar-refractivity contribution in [1.82, 2.24) is 5.32 Å². The van der Waals surface area contributed by atoms with Gasteiger partial charge in [0, 0.05) is 17.8 Å². The topological polar surface area (TPSA) is 61.4 Å². The molecule has 0 saturated heterocycles. The van der Waals surface area contributed by atoms with Gasteiger partial charge in [-0.15, -0.1) is 0 Å². The summed E-state index contributed by atoms with van der Waals surface area (Å²) >= 11 is 0. The van der Waals surface area contributed by atoms with Crippen LogP contribution in [0.15, 0.2) is 42.5 Å². The van der Waals surface area contributed by atoms with Gasteiger partial charge in [-0.2, -0.15) is 0 Å². The van der Waals surface area contributed by atoms with Crippen LogP contribution < -0.4 is 10.6 Å². The van der Waals surface area contributed by atoms with Crippen LogP contribution in [0.5, 0.6) is 5.75 Å². The minimum Gasteiger partial charge on any atom is -0.507 e. The lowest BCUT2D eigenvalue weighted by molar-refractivity contribution is 0.251. The first-order valence-electron chi connectivity index (χ1n) is 6.45. The highest BCUT2D eigenvalue weighted by molar-refractivity contribution is 5.89. The second-order valence-corrected chi connectivity index (χ2v) is 4.76. The first-order chi connectivity index (χ1) is 9.56. The summed E-state index contributed by atoms with van der Waals surface area (Å²) in [5.74, 6) is 0.232. The summed E-state index contributed by atoms with van der Waals surface area (Å²) in [6, 6.07) is 12.7. The smallest absolute Gasteiger partial charge is 0.319 e. The molecule has 3 N–H and O–H groups in total. The quantitative estimate of drug-likeness (QED) is 0.801. The molecular weight excluding hydrogens is 252 g/mol. The number of hydrogen-bond acceptors (Lipinski definition) is 2. The first kappa shape index (κ1) is 13.9. The standard InChI is InChI=1S/C16H18N2O2/c1-11-8-12(2)15(19)13(9-11)10-17-16(20)18-14-6-4-3-5-7-14/h3-9,19H,10H2,1-2H3,(H2,17,18,20). The molecule has 4 nitrogen and oxygen atoms in total. The third kappa shape index (κ3) is 3.51. The summed E-state index contributed by atoms with van der Waals surface area (Å²) < 4.78 is 0. The van der Waals surface area contributed by atoms with Crippen molar-refractivity contribution in [2.24, 2.45) is 0 Å². The van der Waals surface area contributed by atoms with Gasteiger partial charge >= 0.3 is 6.03 Å². The van der Waals surface area contributed by atoms with E-state index in [2.05, 4.69) is 10.6 Å². The number of nitrogens with one attached hydrogen (secondary N) is 2. The summed E-state index contributed by atoms with van der Waals surface area (Å²) in [6.07, 6.45) is 0. The van der Waals surface area contributed by atoms with E-state index in [1.165, 1.54) is 0 Å². The van der Waals surface area contributed by atoms with Crippen LogP contribution in [0.4, 0.5) is 10.5 Å².